The standard InChI is InChI=1S/C30H31N5O4S2/c1-34(2)41(38,39)33-29(37)21-12-13-24-25(17-21)35-18-22(28(36)32-30-31-14-15-40-30)16-20-10-6-7-11-23(20)27(35)26(24)19-8-4-3-5-9-19/h6-7,10-17,19H,3-5,8-9,18H2,1-2H3,(H,33,37)(H,31,32,36). The molecule has 3 heterocycles. The molecule has 0 unspecified atom stereocenters. The van der Waals surface area contributed by atoms with E-state index < -0.39 is 16.1 Å². The number of nitrogens with one attached hydrogen (secondary N) is 2. The molecule has 212 valence electrons. The minimum atomic E-state index is -3.96. The van der Waals surface area contributed by atoms with E-state index in [2.05, 4.69) is 25.7 Å². The highest BCUT2D eigenvalue weighted by Crippen LogP contribution is 2.46. The van der Waals surface area contributed by atoms with Crippen LogP contribution < -0.4 is 10.0 Å². The van der Waals surface area contributed by atoms with E-state index in [9.17, 15) is 18.0 Å². The molecule has 4 aromatic rings. The van der Waals surface area contributed by atoms with Crippen molar-refractivity contribution in [2.24, 2.45) is 0 Å². The first-order valence-electron chi connectivity index (χ1n) is 13.6. The zero-order chi connectivity index (χ0) is 28.7. The Morgan fingerprint density at radius 3 is 2.56 bits per heavy atom. The third-order valence-corrected chi connectivity index (χ3v) is 9.99. The Hall–Kier alpha value is -3.80. The van der Waals surface area contributed by atoms with E-state index in [4.69, 9.17) is 0 Å². The van der Waals surface area contributed by atoms with Gasteiger partial charge in [0.05, 0.1) is 12.2 Å². The number of fused-ring (bicyclic) bond motifs is 5. The van der Waals surface area contributed by atoms with E-state index in [1.807, 2.05) is 35.7 Å². The third-order valence-electron chi connectivity index (χ3n) is 7.90. The summed E-state index contributed by atoms with van der Waals surface area (Å²) in [6, 6.07) is 13.4. The summed E-state index contributed by atoms with van der Waals surface area (Å²) in [7, 11) is -1.23. The van der Waals surface area contributed by atoms with Crippen LogP contribution in [0.3, 0.4) is 0 Å². The highest BCUT2D eigenvalue weighted by atomic mass is 32.2. The fourth-order valence-electron chi connectivity index (χ4n) is 5.89. The van der Waals surface area contributed by atoms with Gasteiger partial charge in [0.1, 0.15) is 0 Å². The molecule has 1 aliphatic carbocycles. The molecule has 2 N–H and O–H groups in total. The number of amides is 2. The molecule has 2 aliphatic rings. The lowest BCUT2D eigenvalue weighted by Crippen LogP contribution is -2.39. The van der Waals surface area contributed by atoms with Crippen molar-refractivity contribution < 1.29 is 18.0 Å². The molecular weight excluding hydrogens is 558 g/mol. The van der Waals surface area contributed by atoms with Gasteiger partial charge in [-0.2, -0.15) is 12.7 Å². The van der Waals surface area contributed by atoms with Crippen LogP contribution in [0.2, 0.25) is 0 Å². The molecule has 41 heavy (non-hydrogen) atoms. The Morgan fingerprint density at radius 2 is 1.83 bits per heavy atom. The minimum Gasteiger partial charge on any atom is -0.335 e. The van der Waals surface area contributed by atoms with Gasteiger partial charge >= 0.3 is 10.2 Å². The maximum Gasteiger partial charge on any atom is 0.303 e. The SMILES string of the molecule is CN(C)S(=O)(=O)NC(=O)c1ccc2c(C3CCCCC3)c3n(c2c1)CC(C(=O)Nc1nccs1)=Cc1ccccc1-3. The molecule has 0 bridgehead atoms. The molecule has 11 heteroatoms. The lowest BCUT2D eigenvalue weighted by Gasteiger charge is -2.24. The van der Waals surface area contributed by atoms with Gasteiger partial charge in [0.25, 0.3) is 11.8 Å². The number of nitrogens with zero attached hydrogens (tertiary/aromatic N) is 3. The van der Waals surface area contributed by atoms with Gasteiger partial charge in [-0.3, -0.25) is 14.9 Å². The van der Waals surface area contributed by atoms with E-state index in [1.165, 1.54) is 37.4 Å². The van der Waals surface area contributed by atoms with Crippen molar-refractivity contribution in [3.8, 4) is 11.3 Å². The zero-order valence-corrected chi connectivity index (χ0v) is 24.5. The van der Waals surface area contributed by atoms with Crippen LogP contribution >= 0.6 is 11.3 Å². The van der Waals surface area contributed by atoms with Crippen molar-refractivity contribution in [1.82, 2.24) is 18.6 Å². The maximum absolute atomic E-state index is 13.5. The predicted molar refractivity (Wildman–Crippen MR) is 162 cm³/mol. The second-order valence-corrected chi connectivity index (χ2v) is 13.5. The lowest BCUT2D eigenvalue weighted by atomic mass is 9.81. The number of aromatic nitrogens is 2. The molecular formula is C30H31N5O4S2. The molecule has 0 atom stereocenters. The van der Waals surface area contributed by atoms with Crippen molar-refractivity contribution in [1.29, 1.82) is 0 Å². The highest BCUT2D eigenvalue weighted by Gasteiger charge is 2.30. The highest BCUT2D eigenvalue weighted by molar-refractivity contribution is 7.87. The molecule has 1 aliphatic heterocycles. The number of thiazole rings is 1. The van der Waals surface area contributed by atoms with Gasteiger partial charge in [-0.25, -0.2) is 9.71 Å². The Kier molecular flexibility index (Phi) is 7.27. The summed E-state index contributed by atoms with van der Waals surface area (Å²) in [6.45, 7) is 0.283. The van der Waals surface area contributed by atoms with Crippen LogP contribution in [-0.2, 0) is 21.5 Å². The van der Waals surface area contributed by atoms with Gasteiger partial charge < -0.3 is 4.57 Å². The van der Waals surface area contributed by atoms with Gasteiger partial charge in [-0.1, -0.05) is 49.6 Å². The van der Waals surface area contributed by atoms with Gasteiger partial charge in [-0.05, 0) is 48.1 Å². The second-order valence-electron chi connectivity index (χ2n) is 10.7. The monoisotopic (exact) mass is 589 g/mol. The summed E-state index contributed by atoms with van der Waals surface area (Å²) in [5.41, 5.74) is 5.84. The van der Waals surface area contributed by atoms with Crippen LogP contribution in [0.5, 0.6) is 0 Å². The largest absolute Gasteiger partial charge is 0.335 e. The van der Waals surface area contributed by atoms with Crippen molar-refractivity contribution in [3.05, 3.63) is 76.3 Å². The van der Waals surface area contributed by atoms with E-state index in [0.29, 0.717) is 16.6 Å². The Balaban J connectivity index is 1.54. The fourth-order valence-corrected chi connectivity index (χ4v) is 6.94. The van der Waals surface area contributed by atoms with Crippen molar-refractivity contribution in [3.63, 3.8) is 0 Å². The zero-order valence-electron chi connectivity index (χ0n) is 22.9. The molecule has 2 aromatic carbocycles. The van der Waals surface area contributed by atoms with Crippen LogP contribution in [0.15, 0.2) is 59.6 Å². The number of hydrogen-bond donors (Lipinski definition) is 2. The van der Waals surface area contributed by atoms with Gasteiger partial charge in [0, 0.05) is 53.3 Å². The maximum atomic E-state index is 13.5. The number of benzene rings is 2. The predicted octanol–water partition coefficient (Wildman–Crippen LogP) is 5.38. The van der Waals surface area contributed by atoms with Gasteiger partial charge in [0.15, 0.2) is 5.13 Å². The first-order valence-corrected chi connectivity index (χ1v) is 16.0. The first kappa shape index (κ1) is 27.4. The molecule has 6 rings (SSSR count). The number of rotatable bonds is 6. The third kappa shape index (κ3) is 5.20. The molecule has 0 saturated heterocycles. The van der Waals surface area contributed by atoms with Crippen molar-refractivity contribution in [2.45, 2.75) is 44.6 Å². The number of anilines is 1. The lowest BCUT2D eigenvalue weighted by molar-refractivity contribution is -0.113. The normalized spacial score (nSPS) is 15.6. The summed E-state index contributed by atoms with van der Waals surface area (Å²) in [6.07, 6.45) is 9.25. The first-order chi connectivity index (χ1) is 19.7. The summed E-state index contributed by atoms with van der Waals surface area (Å²) in [4.78, 5) is 30.8. The summed E-state index contributed by atoms with van der Waals surface area (Å²) < 4.78 is 30.0. The van der Waals surface area contributed by atoms with E-state index in [-0.39, 0.29) is 18.0 Å². The molecule has 0 spiro atoms. The van der Waals surface area contributed by atoms with Gasteiger partial charge in [0.2, 0.25) is 0 Å². The molecule has 2 amide bonds. The van der Waals surface area contributed by atoms with Crippen LogP contribution in [0.1, 0.15) is 59.5 Å². The van der Waals surface area contributed by atoms with Crippen LogP contribution in [-0.4, -0.2) is 48.2 Å². The average molecular weight is 590 g/mol. The fraction of sp³-hybridized carbons (Fsp3) is 0.300. The van der Waals surface area contributed by atoms with Crippen LogP contribution in [0.4, 0.5) is 5.13 Å². The molecule has 1 fully saturated rings. The Labute approximate surface area is 243 Å². The number of carbonyl (C=O) groups is 2. The van der Waals surface area contributed by atoms with E-state index >= 15 is 0 Å². The van der Waals surface area contributed by atoms with Crippen molar-refractivity contribution >= 4 is 55.5 Å². The van der Waals surface area contributed by atoms with E-state index in [0.717, 1.165) is 57.7 Å². The van der Waals surface area contributed by atoms with E-state index in [1.54, 1.807) is 18.3 Å². The second kappa shape index (κ2) is 10.9. The quantitative estimate of drug-likeness (QED) is 0.313. The number of hydrogen-bond acceptors (Lipinski definition) is 6. The molecule has 0 radical (unpaired) electrons. The molecule has 9 nitrogen and oxygen atoms in total. The van der Waals surface area contributed by atoms with Crippen molar-refractivity contribution in [2.75, 3.05) is 19.4 Å². The molecule has 1 saturated carbocycles. The van der Waals surface area contributed by atoms with Crippen LogP contribution in [0, 0.1) is 0 Å². The summed E-state index contributed by atoms with van der Waals surface area (Å²) >= 11 is 1.35. The topological polar surface area (TPSA) is 113 Å². The Morgan fingerprint density at radius 1 is 1.05 bits per heavy atom. The summed E-state index contributed by atoms with van der Waals surface area (Å²) in [5, 5.41) is 6.27. The van der Waals surface area contributed by atoms with Gasteiger partial charge in [-0.15, -0.1) is 11.3 Å². The summed E-state index contributed by atoms with van der Waals surface area (Å²) in [5.74, 6) is -0.605. The average Bonchev–Trinajstić information content (AvgIpc) is 3.54. The molecule has 2 aromatic heterocycles. The Bertz CT molecular complexity index is 1780. The van der Waals surface area contributed by atoms with Crippen LogP contribution in [0.25, 0.3) is 28.2 Å². The smallest absolute Gasteiger partial charge is 0.303 e. The number of carbonyl (C=O) groups excluding carboxylic acids is 2. The minimum absolute atomic E-state index is 0.230.